The second kappa shape index (κ2) is 5.46. The molecule has 2 aliphatic rings. The quantitative estimate of drug-likeness (QED) is 0.824. The van der Waals surface area contributed by atoms with E-state index in [2.05, 4.69) is 4.72 Å². The third kappa shape index (κ3) is 2.75. The normalized spacial score (nSPS) is 22.3. The number of sulfonamides is 1. The molecular formula is C13H18N2O3S2. The molecule has 1 unspecified atom stereocenters. The predicted octanol–water partition coefficient (Wildman–Crippen LogP) is 1.38. The molecule has 20 heavy (non-hydrogen) atoms. The zero-order valence-electron chi connectivity index (χ0n) is 11.1. The molecule has 0 amide bonds. The summed E-state index contributed by atoms with van der Waals surface area (Å²) in [6.45, 7) is 0.554. The molecule has 5 nitrogen and oxygen atoms in total. The molecule has 0 aliphatic carbocycles. The highest BCUT2D eigenvalue weighted by Gasteiger charge is 2.28. The van der Waals surface area contributed by atoms with Crippen LogP contribution in [0.5, 0.6) is 5.75 Å². The summed E-state index contributed by atoms with van der Waals surface area (Å²) in [5, 5.41) is 0. The first-order chi connectivity index (χ1) is 9.56. The first-order valence-corrected chi connectivity index (χ1v) is 9.35. The van der Waals surface area contributed by atoms with Gasteiger partial charge < -0.3 is 10.5 Å². The fraction of sp³-hybridized carbons (Fsp3) is 0.538. The third-order valence-corrected chi connectivity index (χ3v) is 6.22. The first-order valence-electron chi connectivity index (χ1n) is 6.71. The van der Waals surface area contributed by atoms with E-state index in [1.54, 1.807) is 17.8 Å². The molecule has 0 bridgehead atoms. The number of anilines is 1. The largest absolute Gasteiger partial charge is 0.492 e. The zero-order valence-corrected chi connectivity index (χ0v) is 12.7. The summed E-state index contributed by atoms with van der Waals surface area (Å²) in [5.41, 5.74) is 7.19. The SMILES string of the molecule is Nc1cc2c(c(S(=O)(=O)NC3CCSC3)c1)OCCC2. The Balaban J connectivity index is 1.97. The van der Waals surface area contributed by atoms with E-state index >= 15 is 0 Å². The zero-order chi connectivity index (χ0) is 14.2. The van der Waals surface area contributed by atoms with E-state index in [4.69, 9.17) is 10.5 Å². The van der Waals surface area contributed by atoms with Crippen molar-refractivity contribution in [1.82, 2.24) is 4.72 Å². The van der Waals surface area contributed by atoms with Gasteiger partial charge in [-0.05, 0) is 42.7 Å². The molecule has 0 aromatic heterocycles. The average Bonchev–Trinajstić information content (AvgIpc) is 2.89. The van der Waals surface area contributed by atoms with Gasteiger partial charge in [0.05, 0.1) is 6.61 Å². The number of hydrogen-bond acceptors (Lipinski definition) is 5. The van der Waals surface area contributed by atoms with Crippen LogP contribution in [0.2, 0.25) is 0 Å². The molecule has 2 aliphatic heterocycles. The lowest BCUT2D eigenvalue weighted by Crippen LogP contribution is -2.35. The van der Waals surface area contributed by atoms with Crippen molar-refractivity contribution in [2.75, 3.05) is 23.8 Å². The van der Waals surface area contributed by atoms with Crippen LogP contribution in [0.15, 0.2) is 17.0 Å². The topological polar surface area (TPSA) is 81.4 Å². The molecule has 0 saturated carbocycles. The number of thioether (sulfide) groups is 1. The van der Waals surface area contributed by atoms with E-state index in [-0.39, 0.29) is 10.9 Å². The van der Waals surface area contributed by atoms with E-state index < -0.39 is 10.0 Å². The molecule has 2 heterocycles. The fourth-order valence-corrected chi connectivity index (χ4v) is 5.33. The van der Waals surface area contributed by atoms with Gasteiger partial charge in [0, 0.05) is 17.5 Å². The Labute approximate surface area is 123 Å². The molecule has 110 valence electrons. The van der Waals surface area contributed by atoms with Gasteiger partial charge >= 0.3 is 0 Å². The summed E-state index contributed by atoms with van der Waals surface area (Å²) in [5.74, 6) is 2.30. The lowest BCUT2D eigenvalue weighted by molar-refractivity contribution is 0.280. The van der Waals surface area contributed by atoms with Crippen molar-refractivity contribution in [1.29, 1.82) is 0 Å². The van der Waals surface area contributed by atoms with Gasteiger partial charge in [-0.3, -0.25) is 0 Å². The summed E-state index contributed by atoms with van der Waals surface area (Å²) >= 11 is 1.77. The molecular weight excluding hydrogens is 296 g/mol. The highest BCUT2D eigenvalue weighted by atomic mass is 32.2. The minimum atomic E-state index is -3.58. The van der Waals surface area contributed by atoms with Crippen molar-refractivity contribution in [2.24, 2.45) is 0 Å². The number of hydrogen-bond donors (Lipinski definition) is 2. The lowest BCUT2D eigenvalue weighted by atomic mass is 10.1. The van der Waals surface area contributed by atoms with Crippen molar-refractivity contribution in [3.05, 3.63) is 17.7 Å². The highest BCUT2D eigenvalue weighted by Crippen LogP contribution is 2.35. The van der Waals surface area contributed by atoms with E-state index in [9.17, 15) is 8.42 Å². The van der Waals surface area contributed by atoms with E-state index in [0.717, 1.165) is 36.3 Å². The van der Waals surface area contributed by atoms with Crippen LogP contribution in [-0.4, -0.2) is 32.6 Å². The number of nitrogen functional groups attached to an aromatic ring is 1. The van der Waals surface area contributed by atoms with Gasteiger partial charge in [-0.2, -0.15) is 11.8 Å². The number of benzene rings is 1. The van der Waals surface area contributed by atoms with Crippen molar-refractivity contribution in [3.63, 3.8) is 0 Å². The molecule has 1 atom stereocenters. The van der Waals surface area contributed by atoms with Gasteiger partial charge in [0.15, 0.2) is 0 Å². The van der Waals surface area contributed by atoms with Crippen LogP contribution in [-0.2, 0) is 16.4 Å². The van der Waals surface area contributed by atoms with Gasteiger partial charge in [0.1, 0.15) is 10.6 Å². The van der Waals surface area contributed by atoms with E-state index in [1.165, 1.54) is 6.07 Å². The molecule has 0 radical (unpaired) electrons. The Kier molecular flexibility index (Phi) is 3.83. The summed E-state index contributed by atoms with van der Waals surface area (Å²) in [4.78, 5) is 0.184. The number of nitrogens with one attached hydrogen (secondary N) is 1. The van der Waals surface area contributed by atoms with Gasteiger partial charge in [0.25, 0.3) is 0 Å². The Morgan fingerprint density at radius 2 is 2.25 bits per heavy atom. The van der Waals surface area contributed by atoms with E-state index in [0.29, 0.717) is 18.0 Å². The van der Waals surface area contributed by atoms with Gasteiger partial charge in [-0.1, -0.05) is 0 Å². The van der Waals surface area contributed by atoms with Gasteiger partial charge in [-0.15, -0.1) is 0 Å². The summed E-state index contributed by atoms with van der Waals surface area (Å²) < 4.78 is 33.5. The Morgan fingerprint density at radius 1 is 1.40 bits per heavy atom. The lowest BCUT2D eigenvalue weighted by Gasteiger charge is -2.22. The van der Waals surface area contributed by atoms with Crippen molar-refractivity contribution in [3.8, 4) is 5.75 Å². The van der Waals surface area contributed by atoms with Crippen molar-refractivity contribution >= 4 is 27.5 Å². The van der Waals surface area contributed by atoms with E-state index in [1.807, 2.05) is 0 Å². The maximum atomic E-state index is 12.6. The standard InChI is InChI=1S/C13H18N2O3S2/c14-10-6-9-2-1-4-18-13(9)12(7-10)20(16,17)15-11-3-5-19-8-11/h6-7,11,15H,1-5,8,14H2. The van der Waals surface area contributed by atoms with Crippen molar-refractivity contribution in [2.45, 2.75) is 30.2 Å². The number of fused-ring (bicyclic) bond motifs is 1. The highest BCUT2D eigenvalue weighted by molar-refractivity contribution is 7.99. The van der Waals surface area contributed by atoms with Crippen LogP contribution in [0.4, 0.5) is 5.69 Å². The Hall–Kier alpha value is -0.920. The number of nitrogens with two attached hydrogens (primary N) is 1. The molecule has 0 spiro atoms. The second-order valence-corrected chi connectivity index (χ2v) is 7.97. The predicted molar refractivity (Wildman–Crippen MR) is 80.7 cm³/mol. The Bertz CT molecular complexity index is 610. The van der Waals surface area contributed by atoms with Crippen LogP contribution in [0, 0.1) is 0 Å². The molecule has 1 aromatic carbocycles. The van der Waals surface area contributed by atoms with Crippen LogP contribution in [0.3, 0.4) is 0 Å². The number of ether oxygens (including phenoxy) is 1. The fourth-order valence-electron chi connectivity index (χ4n) is 2.58. The molecule has 1 saturated heterocycles. The monoisotopic (exact) mass is 314 g/mol. The van der Waals surface area contributed by atoms with Gasteiger partial charge in [0.2, 0.25) is 10.0 Å². The van der Waals surface area contributed by atoms with Crippen LogP contribution < -0.4 is 15.2 Å². The number of aryl methyl sites for hydroxylation is 1. The van der Waals surface area contributed by atoms with Crippen LogP contribution in [0.25, 0.3) is 0 Å². The summed E-state index contributed by atoms with van der Waals surface area (Å²) in [6, 6.07) is 3.30. The minimum absolute atomic E-state index is 0.00525. The van der Waals surface area contributed by atoms with Crippen LogP contribution in [0.1, 0.15) is 18.4 Å². The molecule has 3 N–H and O–H groups in total. The van der Waals surface area contributed by atoms with Crippen LogP contribution >= 0.6 is 11.8 Å². The maximum absolute atomic E-state index is 12.6. The average molecular weight is 314 g/mol. The number of rotatable bonds is 3. The molecule has 1 fully saturated rings. The summed E-state index contributed by atoms with van der Waals surface area (Å²) in [6.07, 6.45) is 2.57. The molecule has 1 aromatic rings. The van der Waals surface area contributed by atoms with Crippen molar-refractivity contribution < 1.29 is 13.2 Å². The smallest absolute Gasteiger partial charge is 0.244 e. The molecule has 7 heteroatoms. The maximum Gasteiger partial charge on any atom is 0.244 e. The Morgan fingerprint density at radius 3 is 3.00 bits per heavy atom. The van der Waals surface area contributed by atoms with Gasteiger partial charge in [-0.25, -0.2) is 13.1 Å². The first kappa shape index (κ1) is 14.0. The molecule has 3 rings (SSSR count). The second-order valence-electron chi connectivity index (χ2n) is 5.14. The minimum Gasteiger partial charge on any atom is -0.492 e. The third-order valence-electron chi connectivity index (χ3n) is 3.53. The summed E-state index contributed by atoms with van der Waals surface area (Å²) in [7, 11) is -3.58.